The second-order valence-electron chi connectivity index (χ2n) is 3.23. The summed E-state index contributed by atoms with van der Waals surface area (Å²) in [5, 5.41) is 36.2. The van der Waals surface area contributed by atoms with E-state index in [0.29, 0.717) is 0 Å². The zero-order valence-electron chi connectivity index (χ0n) is 8.58. The highest BCUT2D eigenvalue weighted by Crippen LogP contribution is 2.02. The summed E-state index contributed by atoms with van der Waals surface area (Å²) >= 11 is 0. The monoisotopic (exact) mass is 219 g/mol. The van der Waals surface area contributed by atoms with E-state index < -0.39 is 30.8 Å². The summed E-state index contributed by atoms with van der Waals surface area (Å²) in [4.78, 5) is 12.2. The summed E-state index contributed by atoms with van der Waals surface area (Å²) in [5.41, 5.74) is 0. The van der Waals surface area contributed by atoms with Crippen molar-refractivity contribution in [3.8, 4) is 0 Å². The first-order chi connectivity index (χ1) is 6.93. The van der Waals surface area contributed by atoms with Gasteiger partial charge in [0, 0.05) is 13.6 Å². The second-order valence-corrected chi connectivity index (χ2v) is 3.23. The van der Waals surface area contributed by atoms with Crippen molar-refractivity contribution in [2.24, 2.45) is 0 Å². The van der Waals surface area contributed by atoms with E-state index in [1.807, 2.05) is 0 Å². The fourth-order valence-electron chi connectivity index (χ4n) is 0.999. The molecule has 15 heavy (non-hydrogen) atoms. The molecule has 0 rings (SSSR count). The molecule has 0 fully saturated rings. The van der Waals surface area contributed by atoms with Crippen LogP contribution < -0.4 is 0 Å². The molecule has 0 aliphatic carbocycles. The molecule has 4 N–H and O–H groups in total. The van der Waals surface area contributed by atoms with E-state index in [4.69, 9.17) is 10.2 Å². The molecule has 0 spiro atoms. The summed E-state index contributed by atoms with van der Waals surface area (Å²) in [6, 6.07) is 0. The number of carbonyl (C=O) groups excluding carboxylic acids is 1. The molecule has 0 saturated heterocycles. The highest BCUT2D eigenvalue weighted by molar-refractivity contribution is 5.86. The van der Waals surface area contributed by atoms with Crippen molar-refractivity contribution >= 4 is 5.91 Å². The highest BCUT2D eigenvalue weighted by Gasteiger charge is 2.25. The Bertz CT molecular complexity index is 221. The molecule has 3 unspecified atom stereocenters. The molecule has 88 valence electrons. The maximum absolute atomic E-state index is 11.0. The van der Waals surface area contributed by atoms with Gasteiger partial charge in [0.25, 0.3) is 0 Å². The van der Waals surface area contributed by atoms with Gasteiger partial charge in [0.05, 0.1) is 6.61 Å². The van der Waals surface area contributed by atoms with E-state index in [-0.39, 0.29) is 6.54 Å². The SMILES string of the molecule is C=CC(=O)N(C)CC(O)C(O)C(O)CO. The average Bonchev–Trinajstić information content (AvgIpc) is 2.25. The van der Waals surface area contributed by atoms with Gasteiger partial charge < -0.3 is 25.3 Å². The number of carbonyl (C=O) groups is 1. The third kappa shape index (κ3) is 4.39. The Kier molecular flexibility index (Phi) is 6.11. The van der Waals surface area contributed by atoms with Crippen LogP contribution in [-0.2, 0) is 4.79 Å². The van der Waals surface area contributed by atoms with Gasteiger partial charge in [-0.2, -0.15) is 0 Å². The fraction of sp³-hybridized carbons (Fsp3) is 0.667. The Morgan fingerprint density at radius 2 is 1.93 bits per heavy atom. The van der Waals surface area contributed by atoms with Crippen molar-refractivity contribution in [3.63, 3.8) is 0 Å². The van der Waals surface area contributed by atoms with Crippen LogP contribution in [0.15, 0.2) is 12.7 Å². The van der Waals surface area contributed by atoms with Crippen LogP contribution in [0.25, 0.3) is 0 Å². The minimum atomic E-state index is -1.49. The lowest BCUT2D eigenvalue weighted by Gasteiger charge is -2.25. The number of nitrogens with zero attached hydrogens (tertiary/aromatic N) is 1. The molecule has 0 aliphatic rings. The lowest BCUT2D eigenvalue weighted by molar-refractivity contribution is -0.129. The van der Waals surface area contributed by atoms with Gasteiger partial charge in [0.1, 0.15) is 18.3 Å². The van der Waals surface area contributed by atoms with Crippen molar-refractivity contribution in [2.75, 3.05) is 20.2 Å². The van der Waals surface area contributed by atoms with Crippen molar-refractivity contribution in [1.29, 1.82) is 0 Å². The zero-order valence-corrected chi connectivity index (χ0v) is 8.58. The molecule has 6 nitrogen and oxygen atoms in total. The Morgan fingerprint density at radius 3 is 2.33 bits per heavy atom. The quantitative estimate of drug-likeness (QED) is 0.377. The van der Waals surface area contributed by atoms with Crippen LogP contribution in [0.1, 0.15) is 0 Å². The van der Waals surface area contributed by atoms with Gasteiger partial charge in [0.15, 0.2) is 0 Å². The van der Waals surface area contributed by atoms with Gasteiger partial charge in [0.2, 0.25) is 5.91 Å². The highest BCUT2D eigenvalue weighted by atomic mass is 16.4. The molecule has 3 atom stereocenters. The Morgan fingerprint density at radius 1 is 1.40 bits per heavy atom. The number of aliphatic hydroxyl groups excluding tert-OH is 4. The number of likely N-dealkylation sites (N-methyl/N-ethyl adjacent to an activating group) is 1. The van der Waals surface area contributed by atoms with Crippen LogP contribution in [0.5, 0.6) is 0 Å². The number of amides is 1. The van der Waals surface area contributed by atoms with Crippen molar-refractivity contribution in [1.82, 2.24) is 4.90 Å². The Labute approximate surface area is 88.1 Å². The van der Waals surface area contributed by atoms with Gasteiger partial charge in [-0.05, 0) is 6.08 Å². The minimum absolute atomic E-state index is 0.150. The maximum Gasteiger partial charge on any atom is 0.245 e. The molecule has 0 saturated carbocycles. The largest absolute Gasteiger partial charge is 0.394 e. The van der Waals surface area contributed by atoms with E-state index in [9.17, 15) is 15.0 Å². The minimum Gasteiger partial charge on any atom is -0.394 e. The number of hydrogen-bond donors (Lipinski definition) is 4. The molecule has 1 amide bonds. The zero-order chi connectivity index (χ0) is 12.0. The van der Waals surface area contributed by atoms with E-state index in [2.05, 4.69) is 6.58 Å². The van der Waals surface area contributed by atoms with Crippen molar-refractivity contribution in [2.45, 2.75) is 18.3 Å². The molecule has 0 radical (unpaired) electrons. The molecule has 0 bridgehead atoms. The molecule has 0 heterocycles. The van der Waals surface area contributed by atoms with E-state index in [1.54, 1.807) is 0 Å². The molecule has 0 aliphatic heterocycles. The van der Waals surface area contributed by atoms with Crippen LogP contribution in [0.2, 0.25) is 0 Å². The predicted molar refractivity (Wildman–Crippen MR) is 52.9 cm³/mol. The number of hydrogen-bond acceptors (Lipinski definition) is 5. The molecule has 6 heteroatoms. The lowest BCUT2D eigenvalue weighted by atomic mass is 10.1. The summed E-state index contributed by atoms with van der Waals surface area (Å²) in [6.45, 7) is 2.46. The lowest BCUT2D eigenvalue weighted by Crippen LogP contribution is -2.46. The smallest absolute Gasteiger partial charge is 0.245 e. The first kappa shape index (κ1) is 14.1. The predicted octanol–water partition coefficient (Wildman–Crippen LogP) is -2.29. The van der Waals surface area contributed by atoms with E-state index in [1.165, 1.54) is 7.05 Å². The third-order valence-corrected chi connectivity index (χ3v) is 1.99. The number of aliphatic hydroxyl groups is 4. The summed E-state index contributed by atoms with van der Waals surface area (Å²) < 4.78 is 0. The third-order valence-electron chi connectivity index (χ3n) is 1.99. The van der Waals surface area contributed by atoms with Crippen molar-refractivity contribution < 1.29 is 25.2 Å². The Hall–Kier alpha value is -0.950. The first-order valence-electron chi connectivity index (χ1n) is 4.46. The van der Waals surface area contributed by atoms with Gasteiger partial charge in [-0.25, -0.2) is 0 Å². The van der Waals surface area contributed by atoms with Crippen molar-refractivity contribution in [3.05, 3.63) is 12.7 Å². The summed E-state index contributed by atoms with van der Waals surface area (Å²) in [6.07, 6.45) is -3.16. The summed E-state index contributed by atoms with van der Waals surface area (Å²) in [7, 11) is 1.42. The molecular formula is C9H17NO5. The van der Waals surface area contributed by atoms with Gasteiger partial charge in [-0.1, -0.05) is 6.58 Å². The normalized spacial score (nSPS) is 16.6. The van der Waals surface area contributed by atoms with Crippen LogP contribution in [0, 0.1) is 0 Å². The van der Waals surface area contributed by atoms with Gasteiger partial charge >= 0.3 is 0 Å². The summed E-state index contributed by atoms with van der Waals surface area (Å²) in [5.74, 6) is -0.403. The Balaban J connectivity index is 4.17. The molecule has 0 aromatic carbocycles. The molecule has 0 aromatic rings. The van der Waals surface area contributed by atoms with Crippen LogP contribution in [-0.4, -0.2) is 69.7 Å². The van der Waals surface area contributed by atoms with Gasteiger partial charge in [-0.3, -0.25) is 4.79 Å². The first-order valence-corrected chi connectivity index (χ1v) is 4.46. The molecular weight excluding hydrogens is 202 g/mol. The van der Waals surface area contributed by atoms with Crippen LogP contribution >= 0.6 is 0 Å². The number of rotatable bonds is 6. The molecule has 0 aromatic heterocycles. The standard InChI is InChI=1S/C9H17NO5/c1-3-8(14)10(2)4-6(12)9(15)7(13)5-11/h3,6-7,9,11-13,15H,1,4-5H2,2H3. The van der Waals surface area contributed by atoms with Gasteiger partial charge in [-0.15, -0.1) is 0 Å². The van der Waals surface area contributed by atoms with Crippen LogP contribution in [0.4, 0.5) is 0 Å². The fourth-order valence-corrected chi connectivity index (χ4v) is 0.999. The van der Waals surface area contributed by atoms with Crippen LogP contribution in [0.3, 0.4) is 0 Å². The maximum atomic E-state index is 11.0. The average molecular weight is 219 g/mol. The topological polar surface area (TPSA) is 101 Å². The second kappa shape index (κ2) is 6.52. The van der Waals surface area contributed by atoms with E-state index >= 15 is 0 Å². The van der Waals surface area contributed by atoms with E-state index in [0.717, 1.165) is 11.0 Å².